The van der Waals surface area contributed by atoms with Crippen molar-refractivity contribution in [2.75, 3.05) is 11.9 Å². The highest BCUT2D eigenvalue weighted by atomic mass is 16.1. The minimum absolute atomic E-state index is 0.185. The molecule has 0 bridgehead atoms. The topological polar surface area (TPSA) is 98.7 Å². The molecule has 0 aliphatic rings. The van der Waals surface area contributed by atoms with Crippen LogP contribution in [0.3, 0.4) is 0 Å². The SMILES string of the molecule is Cn1nnc(NC(=O)c2ccccc2CCN)n1. The molecule has 0 saturated carbocycles. The van der Waals surface area contributed by atoms with Crippen LogP contribution in [-0.2, 0) is 13.5 Å². The van der Waals surface area contributed by atoms with Gasteiger partial charge in [-0.25, -0.2) is 0 Å². The molecule has 0 aliphatic heterocycles. The lowest BCUT2D eigenvalue weighted by Gasteiger charge is -2.06. The molecule has 0 atom stereocenters. The third-order valence-corrected chi connectivity index (χ3v) is 2.41. The summed E-state index contributed by atoms with van der Waals surface area (Å²) in [4.78, 5) is 13.3. The number of aromatic nitrogens is 4. The monoisotopic (exact) mass is 246 g/mol. The average molecular weight is 246 g/mol. The summed E-state index contributed by atoms with van der Waals surface area (Å²) in [6, 6.07) is 7.31. The van der Waals surface area contributed by atoms with E-state index in [0.717, 1.165) is 5.56 Å². The van der Waals surface area contributed by atoms with Crippen molar-refractivity contribution in [3.63, 3.8) is 0 Å². The van der Waals surface area contributed by atoms with Crippen LogP contribution in [0.2, 0.25) is 0 Å². The van der Waals surface area contributed by atoms with Gasteiger partial charge in [0.2, 0.25) is 0 Å². The molecule has 0 aliphatic carbocycles. The zero-order valence-corrected chi connectivity index (χ0v) is 10.00. The van der Waals surface area contributed by atoms with Crippen LogP contribution in [0.1, 0.15) is 15.9 Å². The van der Waals surface area contributed by atoms with Gasteiger partial charge in [-0.3, -0.25) is 10.1 Å². The smallest absolute Gasteiger partial charge is 0.270 e. The molecule has 18 heavy (non-hydrogen) atoms. The molecule has 2 aromatic rings. The maximum absolute atomic E-state index is 12.1. The van der Waals surface area contributed by atoms with Gasteiger partial charge in [0.15, 0.2) is 0 Å². The van der Waals surface area contributed by atoms with Gasteiger partial charge in [-0.15, -0.1) is 5.10 Å². The first-order chi connectivity index (χ1) is 8.70. The fraction of sp³-hybridized carbons (Fsp3) is 0.273. The van der Waals surface area contributed by atoms with Crippen molar-refractivity contribution in [3.05, 3.63) is 35.4 Å². The molecule has 0 radical (unpaired) electrons. The quantitative estimate of drug-likeness (QED) is 0.789. The Morgan fingerprint density at radius 2 is 2.22 bits per heavy atom. The molecule has 2 rings (SSSR count). The second-order valence-corrected chi connectivity index (χ2v) is 3.75. The molecule has 94 valence electrons. The summed E-state index contributed by atoms with van der Waals surface area (Å²) < 4.78 is 0. The first-order valence-corrected chi connectivity index (χ1v) is 5.54. The molecule has 0 fully saturated rings. The highest BCUT2D eigenvalue weighted by molar-refractivity contribution is 6.04. The number of anilines is 1. The lowest BCUT2D eigenvalue weighted by atomic mass is 10.0. The zero-order valence-electron chi connectivity index (χ0n) is 10.00. The maximum atomic E-state index is 12.1. The van der Waals surface area contributed by atoms with Crippen molar-refractivity contribution in [2.24, 2.45) is 12.8 Å². The molecule has 0 saturated heterocycles. The average Bonchev–Trinajstić information content (AvgIpc) is 2.76. The van der Waals surface area contributed by atoms with Crippen LogP contribution < -0.4 is 11.1 Å². The number of hydrogen-bond acceptors (Lipinski definition) is 5. The van der Waals surface area contributed by atoms with Gasteiger partial charge >= 0.3 is 0 Å². The first kappa shape index (κ1) is 12.2. The molecular formula is C11H14N6O. The number of rotatable bonds is 4. The Balaban J connectivity index is 2.18. The fourth-order valence-corrected chi connectivity index (χ4v) is 1.62. The van der Waals surface area contributed by atoms with Crippen molar-refractivity contribution >= 4 is 11.9 Å². The normalized spacial score (nSPS) is 10.3. The molecule has 0 unspecified atom stereocenters. The third kappa shape index (κ3) is 2.69. The van der Waals surface area contributed by atoms with Gasteiger partial charge in [-0.05, 0) is 29.8 Å². The minimum Gasteiger partial charge on any atom is -0.330 e. The Bertz CT molecular complexity index is 550. The van der Waals surface area contributed by atoms with Crippen LogP contribution in [-0.4, -0.2) is 32.7 Å². The summed E-state index contributed by atoms with van der Waals surface area (Å²) in [7, 11) is 1.63. The molecule has 7 nitrogen and oxygen atoms in total. The van der Waals surface area contributed by atoms with Crippen molar-refractivity contribution in [1.82, 2.24) is 20.2 Å². The molecule has 7 heteroatoms. The lowest BCUT2D eigenvalue weighted by molar-refractivity contribution is 0.102. The van der Waals surface area contributed by atoms with E-state index in [9.17, 15) is 4.79 Å². The Morgan fingerprint density at radius 3 is 2.89 bits per heavy atom. The van der Waals surface area contributed by atoms with Gasteiger partial charge < -0.3 is 5.73 Å². The number of nitrogens with one attached hydrogen (secondary N) is 1. The highest BCUT2D eigenvalue weighted by Crippen LogP contribution is 2.10. The van der Waals surface area contributed by atoms with Gasteiger partial charge in [0, 0.05) is 5.56 Å². The molecular weight excluding hydrogens is 232 g/mol. The van der Waals surface area contributed by atoms with Crippen molar-refractivity contribution in [2.45, 2.75) is 6.42 Å². The highest BCUT2D eigenvalue weighted by Gasteiger charge is 2.12. The van der Waals surface area contributed by atoms with Gasteiger partial charge in [0.25, 0.3) is 11.9 Å². The molecule has 1 aromatic heterocycles. The van der Waals surface area contributed by atoms with Crippen LogP contribution in [0.25, 0.3) is 0 Å². The molecule has 0 spiro atoms. The summed E-state index contributed by atoms with van der Waals surface area (Å²) in [5.74, 6) is -0.0721. The van der Waals surface area contributed by atoms with E-state index in [-0.39, 0.29) is 11.9 Å². The Hall–Kier alpha value is -2.28. The van der Waals surface area contributed by atoms with Crippen LogP contribution in [0, 0.1) is 0 Å². The Kier molecular flexibility index (Phi) is 3.63. The number of tetrazole rings is 1. The van der Waals surface area contributed by atoms with Gasteiger partial charge in [0.05, 0.1) is 7.05 Å². The van der Waals surface area contributed by atoms with Crippen molar-refractivity contribution < 1.29 is 4.79 Å². The molecule has 1 heterocycles. The summed E-state index contributed by atoms with van der Waals surface area (Å²) in [5.41, 5.74) is 7.00. The van der Waals surface area contributed by atoms with Crippen LogP contribution >= 0.6 is 0 Å². The standard InChI is InChI=1S/C11H14N6O/c1-17-15-11(14-16-17)13-10(18)9-5-3-2-4-8(9)6-7-12/h2-5H,6-7,12H2,1H3,(H,13,15,18). The maximum Gasteiger partial charge on any atom is 0.270 e. The summed E-state index contributed by atoms with van der Waals surface area (Å²) in [6.45, 7) is 0.494. The second kappa shape index (κ2) is 5.37. The summed E-state index contributed by atoms with van der Waals surface area (Å²) in [5, 5.41) is 13.8. The number of amides is 1. The van der Waals surface area contributed by atoms with E-state index >= 15 is 0 Å². The predicted octanol–water partition coefficient (Wildman–Crippen LogP) is -0.0364. The number of nitrogens with two attached hydrogens (primary N) is 1. The number of nitrogens with zero attached hydrogens (tertiary/aromatic N) is 4. The van der Waals surface area contributed by atoms with Crippen LogP contribution in [0.5, 0.6) is 0 Å². The van der Waals surface area contributed by atoms with Crippen molar-refractivity contribution in [3.8, 4) is 0 Å². The minimum atomic E-state index is -0.257. The van der Waals surface area contributed by atoms with Crippen LogP contribution in [0.4, 0.5) is 5.95 Å². The largest absolute Gasteiger partial charge is 0.330 e. The van der Waals surface area contributed by atoms with E-state index in [0.29, 0.717) is 18.5 Å². The summed E-state index contributed by atoms with van der Waals surface area (Å²) in [6.07, 6.45) is 0.650. The third-order valence-electron chi connectivity index (χ3n) is 2.41. The van der Waals surface area contributed by atoms with Crippen molar-refractivity contribution in [1.29, 1.82) is 0 Å². The van der Waals surface area contributed by atoms with E-state index in [1.165, 1.54) is 4.80 Å². The molecule has 3 N–H and O–H groups in total. The molecule has 1 amide bonds. The lowest BCUT2D eigenvalue weighted by Crippen LogP contribution is -2.16. The predicted molar refractivity (Wildman–Crippen MR) is 66.0 cm³/mol. The van der Waals surface area contributed by atoms with Gasteiger partial charge in [0.1, 0.15) is 0 Å². The number of carbonyl (C=O) groups is 1. The number of benzene rings is 1. The Morgan fingerprint density at radius 1 is 1.44 bits per heavy atom. The van der Waals surface area contributed by atoms with Gasteiger partial charge in [-0.2, -0.15) is 4.80 Å². The number of hydrogen-bond donors (Lipinski definition) is 2. The van der Waals surface area contributed by atoms with E-state index in [1.54, 1.807) is 19.2 Å². The zero-order chi connectivity index (χ0) is 13.0. The summed E-state index contributed by atoms with van der Waals surface area (Å²) >= 11 is 0. The number of carbonyl (C=O) groups excluding carboxylic acids is 1. The van der Waals surface area contributed by atoms with E-state index in [1.807, 2.05) is 12.1 Å². The number of aryl methyl sites for hydroxylation is 1. The first-order valence-electron chi connectivity index (χ1n) is 5.54. The Labute approximate surface area is 104 Å². The van der Waals surface area contributed by atoms with Crippen LogP contribution in [0.15, 0.2) is 24.3 Å². The molecule has 1 aromatic carbocycles. The second-order valence-electron chi connectivity index (χ2n) is 3.75. The van der Waals surface area contributed by atoms with E-state index in [2.05, 4.69) is 20.7 Å². The van der Waals surface area contributed by atoms with Gasteiger partial charge in [-0.1, -0.05) is 23.3 Å². The van der Waals surface area contributed by atoms with E-state index < -0.39 is 0 Å². The van der Waals surface area contributed by atoms with E-state index in [4.69, 9.17) is 5.73 Å². The fourth-order valence-electron chi connectivity index (χ4n) is 1.62.